The molecule has 5 heteroatoms. The number of nitrogens with zero attached hydrogens (tertiary/aromatic N) is 4. The van der Waals surface area contributed by atoms with Gasteiger partial charge in [-0.2, -0.15) is 0 Å². The molecule has 0 atom stereocenters. The Morgan fingerprint density at radius 3 is 2.40 bits per heavy atom. The molecule has 0 bridgehead atoms. The molecule has 5 nitrogen and oxygen atoms in total. The van der Waals surface area contributed by atoms with Crippen LogP contribution in [0, 0.1) is 20.8 Å². The van der Waals surface area contributed by atoms with Crippen molar-refractivity contribution in [2.45, 2.75) is 20.8 Å². The fourth-order valence-corrected chi connectivity index (χ4v) is 1.54. The van der Waals surface area contributed by atoms with Crippen molar-refractivity contribution in [3.8, 4) is 5.82 Å². The van der Waals surface area contributed by atoms with Crippen LogP contribution in [0.4, 0.5) is 5.82 Å². The Labute approximate surface area is 88.0 Å². The fourth-order valence-electron chi connectivity index (χ4n) is 1.54. The highest BCUT2D eigenvalue weighted by Crippen LogP contribution is 2.11. The summed E-state index contributed by atoms with van der Waals surface area (Å²) in [6.07, 6.45) is 0. The fraction of sp³-hybridized carbons (Fsp3) is 0.300. The minimum atomic E-state index is 0.501. The van der Waals surface area contributed by atoms with Crippen LogP contribution in [0.2, 0.25) is 0 Å². The Balaban J connectivity index is 2.58. The molecule has 0 unspecified atom stereocenters. The smallest absolute Gasteiger partial charge is 0.157 e. The molecule has 2 N–H and O–H groups in total. The van der Waals surface area contributed by atoms with Crippen molar-refractivity contribution in [1.29, 1.82) is 0 Å². The summed E-state index contributed by atoms with van der Waals surface area (Å²) in [5, 5.41) is 4.17. The van der Waals surface area contributed by atoms with Crippen molar-refractivity contribution >= 4 is 5.82 Å². The van der Waals surface area contributed by atoms with Gasteiger partial charge in [-0.25, -0.2) is 14.6 Å². The summed E-state index contributed by atoms with van der Waals surface area (Å²) in [7, 11) is 0. The quantitative estimate of drug-likeness (QED) is 0.755. The summed E-state index contributed by atoms with van der Waals surface area (Å²) in [6.45, 7) is 5.73. The van der Waals surface area contributed by atoms with E-state index in [0.717, 1.165) is 23.0 Å². The number of nitrogen functional groups attached to an aromatic ring is 1. The lowest BCUT2D eigenvalue weighted by Crippen LogP contribution is -2.05. The molecule has 0 aliphatic rings. The second-order valence-corrected chi connectivity index (χ2v) is 3.54. The van der Waals surface area contributed by atoms with Crippen molar-refractivity contribution < 1.29 is 0 Å². The Hall–Kier alpha value is -1.91. The summed E-state index contributed by atoms with van der Waals surface area (Å²) in [5.74, 6) is 1.99. The monoisotopic (exact) mass is 203 g/mol. The third-order valence-corrected chi connectivity index (χ3v) is 2.08. The van der Waals surface area contributed by atoms with Gasteiger partial charge >= 0.3 is 0 Å². The molecule has 2 rings (SSSR count). The topological polar surface area (TPSA) is 69.6 Å². The molecule has 78 valence electrons. The third kappa shape index (κ3) is 1.81. The molecular formula is C10H13N5. The first kappa shape index (κ1) is 9.64. The molecule has 0 spiro atoms. The van der Waals surface area contributed by atoms with E-state index in [1.165, 1.54) is 0 Å². The van der Waals surface area contributed by atoms with Crippen molar-refractivity contribution in [2.24, 2.45) is 0 Å². The molecule has 0 aliphatic carbocycles. The van der Waals surface area contributed by atoms with Crippen LogP contribution in [0.25, 0.3) is 5.82 Å². The number of aryl methyl sites for hydroxylation is 3. The first-order valence-corrected chi connectivity index (χ1v) is 4.71. The van der Waals surface area contributed by atoms with Gasteiger partial charge in [0.05, 0.1) is 0 Å². The molecule has 15 heavy (non-hydrogen) atoms. The van der Waals surface area contributed by atoms with Crippen molar-refractivity contribution in [1.82, 2.24) is 19.7 Å². The standard InChI is InChI=1S/C10H13N5/c1-6-4-10(13-8(3)12-6)15-7(2)5-9(11)14-15/h4-5H,1-3H3,(H2,11,14). The van der Waals surface area contributed by atoms with Gasteiger partial charge in [-0.3, -0.25) is 0 Å². The summed E-state index contributed by atoms with van der Waals surface area (Å²) in [6, 6.07) is 3.69. The van der Waals surface area contributed by atoms with Gasteiger partial charge < -0.3 is 5.73 Å². The number of aromatic nitrogens is 4. The van der Waals surface area contributed by atoms with Gasteiger partial charge in [-0.15, -0.1) is 5.10 Å². The van der Waals surface area contributed by atoms with Crippen LogP contribution in [0.15, 0.2) is 12.1 Å². The van der Waals surface area contributed by atoms with E-state index in [2.05, 4.69) is 15.1 Å². The maximum Gasteiger partial charge on any atom is 0.157 e. The molecule has 0 aliphatic heterocycles. The van der Waals surface area contributed by atoms with Crippen molar-refractivity contribution in [2.75, 3.05) is 5.73 Å². The molecule has 0 amide bonds. The maximum atomic E-state index is 5.62. The highest BCUT2D eigenvalue weighted by Gasteiger charge is 2.06. The van der Waals surface area contributed by atoms with Crippen molar-refractivity contribution in [3.05, 3.63) is 29.3 Å². The molecule has 0 fully saturated rings. The zero-order chi connectivity index (χ0) is 11.0. The lowest BCUT2D eigenvalue weighted by Gasteiger charge is -2.04. The largest absolute Gasteiger partial charge is 0.382 e. The highest BCUT2D eigenvalue weighted by atomic mass is 15.3. The summed E-state index contributed by atoms with van der Waals surface area (Å²) >= 11 is 0. The lowest BCUT2D eigenvalue weighted by molar-refractivity contribution is 0.801. The Morgan fingerprint density at radius 1 is 1.13 bits per heavy atom. The van der Waals surface area contributed by atoms with E-state index in [-0.39, 0.29) is 0 Å². The zero-order valence-corrected chi connectivity index (χ0v) is 9.02. The van der Waals surface area contributed by atoms with E-state index in [0.29, 0.717) is 5.82 Å². The van der Waals surface area contributed by atoms with Gasteiger partial charge in [0.2, 0.25) is 0 Å². The van der Waals surface area contributed by atoms with E-state index in [4.69, 9.17) is 5.73 Å². The molecule has 2 aromatic heterocycles. The average molecular weight is 203 g/mol. The SMILES string of the molecule is Cc1cc(-n2nc(N)cc2C)nc(C)n1. The second-order valence-electron chi connectivity index (χ2n) is 3.54. The second kappa shape index (κ2) is 3.34. The van der Waals surface area contributed by atoms with Crippen LogP contribution in [0.5, 0.6) is 0 Å². The molecule has 0 aromatic carbocycles. The minimum Gasteiger partial charge on any atom is -0.382 e. The first-order valence-electron chi connectivity index (χ1n) is 4.71. The van der Waals surface area contributed by atoms with E-state index >= 15 is 0 Å². The third-order valence-electron chi connectivity index (χ3n) is 2.08. The Bertz CT molecular complexity index is 480. The molecule has 2 aromatic rings. The van der Waals surface area contributed by atoms with Crippen LogP contribution in [0.3, 0.4) is 0 Å². The van der Waals surface area contributed by atoms with Crippen LogP contribution in [-0.4, -0.2) is 19.7 Å². The van der Waals surface area contributed by atoms with Gasteiger partial charge in [-0.05, 0) is 20.8 Å². The summed E-state index contributed by atoms with van der Waals surface area (Å²) in [5.41, 5.74) is 7.50. The van der Waals surface area contributed by atoms with Gasteiger partial charge in [0.25, 0.3) is 0 Å². The number of hydrogen-bond donors (Lipinski definition) is 1. The van der Waals surface area contributed by atoms with E-state index < -0.39 is 0 Å². The van der Waals surface area contributed by atoms with Gasteiger partial charge in [0, 0.05) is 23.5 Å². The number of rotatable bonds is 1. The molecule has 0 radical (unpaired) electrons. The first-order chi connectivity index (χ1) is 7.06. The number of anilines is 1. The van der Waals surface area contributed by atoms with Crippen LogP contribution >= 0.6 is 0 Å². The number of nitrogens with two attached hydrogens (primary N) is 1. The van der Waals surface area contributed by atoms with Gasteiger partial charge in [0.15, 0.2) is 5.82 Å². The Kier molecular flexibility index (Phi) is 2.15. The lowest BCUT2D eigenvalue weighted by atomic mass is 10.4. The van der Waals surface area contributed by atoms with E-state index in [1.807, 2.05) is 32.9 Å². The number of hydrogen-bond acceptors (Lipinski definition) is 4. The van der Waals surface area contributed by atoms with Crippen LogP contribution in [-0.2, 0) is 0 Å². The molecule has 2 heterocycles. The van der Waals surface area contributed by atoms with Crippen LogP contribution < -0.4 is 5.73 Å². The van der Waals surface area contributed by atoms with Crippen LogP contribution in [0.1, 0.15) is 17.2 Å². The predicted octanol–water partition coefficient (Wildman–Crippen LogP) is 1.17. The zero-order valence-electron chi connectivity index (χ0n) is 9.02. The molecule has 0 saturated heterocycles. The predicted molar refractivity (Wildman–Crippen MR) is 57.8 cm³/mol. The average Bonchev–Trinajstić information content (AvgIpc) is 2.43. The van der Waals surface area contributed by atoms with E-state index in [1.54, 1.807) is 4.68 Å². The summed E-state index contributed by atoms with van der Waals surface area (Å²) in [4.78, 5) is 8.52. The normalized spacial score (nSPS) is 10.6. The Morgan fingerprint density at radius 2 is 1.87 bits per heavy atom. The molecule has 0 saturated carbocycles. The van der Waals surface area contributed by atoms with E-state index in [9.17, 15) is 0 Å². The van der Waals surface area contributed by atoms with Crippen molar-refractivity contribution in [3.63, 3.8) is 0 Å². The highest BCUT2D eigenvalue weighted by molar-refractivity contribution is 5.35. The van der Waals surface area contributed by atoms with Gasteiger partial charge in [-0.1, -0.05) is 0 Å². The summed E-state index contributed by atoms with van der Waals surface area (Å²) < 4.78 is 1.72. The minimum absolute atomic E-state index is 0.501. The van der Waals surface area contributed by atoms with Gasteiger partial charge in [0.1, 0.15) is 11.6 Å². The molecular weight excluding hydrogens is 190 g/mol. The maximum absolute atomic E-state index is 5.62.